The molecule has 17 heavy (non-hydrogen) atoms. The average Bonchev–Trinajstić information content (AvgIpc) is 2.29. The van der Waals surface area contributed by atoms with E-state index in [1.54, 1.807) is 38.3 Å². The number of amides is 2. The van der Waals surface area contributed by atoms with E-state index in [0.29, 0.717) is 5.69 Å². The van der Waals surface area contributed by atoms with Crippen molar-refractivity contribution in [3.05, 3.63) is 24.3 Å². The SMILES string of the molecule is COc1ccc(NC(=O)[C@@H](C)NC(C)=O)cc1. The first-order valence-electron chi connectivity index (χ1n) is 5.25. The van der Waals surface area contributed by atoms with Crippen LogP contribution in [0.3, 0.4) is 0 Å². The van der Waals surface area contributed by atoms with Gasteiger partial charge in [-0.2, -0.15) is 0 Å². The minimum atomic E-state index is -0.561. The molecule has 0 aliphatic heterocycles. The lowest BCUT2D eigenvalue weighted by atomic mass is 10.2. The van der Waals surface area contributed by atoms with Gasteiger partial charge in [0.25, 0.3) is 0 Å². The van der Waals surface area contributed by atoms with Crippen molar-refractivity contribution in [2.75, 3.05) is 12.4 Å². The molecule has 0 radical (unpaired) electrons. The summed E-state index contributed by atoms with van der Waals surface area (Å²) in [5, 5.41) is 5.20. The van der Waals surface area contributed by atoms with Gasteiger partial charge in [0, 0.05) is 12.6 Å². The summed E-state index contributed by atoms with van der Waals surface area (Å²) in [5.41, 5.74) is 0.660. The van der Waals surface area contributed by atoms with Gasteiger partial charge in [0.1, 0.15) is 11.8 Å². The van der Waals surface area contributed by atoms with Crippen LogP contribution >= 0.6 is 0 Å². The van der Waals surface area contributed by atoms with Crippen molar-refractivity contribution in [2.24, 2.45) is 0 Å². The highest BCUT2D eigenvalue weighted by atomic mass is 16.5. The summed E-state index contributed by atoms with van der Waals surface area (Å²) in [5.74, 6) is 0.227. The number of benzene rings is 1. The molecule has 2 amide bonds. The van der Waals surface area contributed by atoms with Gasteiger partial charge in [-0.3, -0.25) is 9.59 Å². The standard InChI is InChI=1S/C12H16N2O3/c1-8(13-9(2)15)12(16)14-10-4-6-11(17-3)7-5-10/h4-8H,1-3H3,(H,13,15)(H,14,16)/t8-/m1/s1. The molecule has 0 heterocycles. The van der Waals surface area contributed by atoms with Crippen LogP contribution in [0.15, 0.2) is 24.3 Å². The van der Waals surface area contributed by atoms with Crippen LogP contribution in [-0.4, -0.2) is 25.0 Å². The molecule has 2 N–H and O–H groups in total. The van der Waals surface area contributed by atoms with Gasteiger partial charge >= 0.3 is 0 Å². The Morgan fingerprint density at radius 1 is 1.24 bits per heavy atom. The zero-order chi connectivity index (χ0) is 12.8. The third-order valence-corrected chi connectivity index (χ3v) is 2.17. The Balaban J connectivity index is 2.58. The van der Waals surface area contributed by atoms with Gasteiger partial charge in [-0.15, -0.1) is 0 Å². The summed E-state index contributed by atoms with van der Waals surface area (Å²) in [6.45, 7) is 3.00. The van der Waals surface area contributed by atoms with E-state index in [-0.39, 0.29) is 11.8 Å². The molecule has 1 aromatic carbocycles. The Hall–Kier alpha value is -2.04. The fraction of sp³-hybridized carbons (Fsp3) is 0.333. The van der Waals surface area contributed by atoms with E-state index in [0.717, 1.165) is 5.75 Å². The van der Waals surface area contributed by atoms with E-state index < -0.39 is 6.04 Å². The minimum absolute atomic E-state index is 0.234. The zero-order valence-electron chi connectivity index (χ0n) is 10.1. The van der Waals surface area contributed by atoms with Crippen molar-refractivity contribution in [1.82, 2.24) is 5.32 Å². The van der Waals surface area contributed by atoms with Crippen LogP contribution in [0.4, 0.5) is 5.69 Å². The number of hydrogen-bond acceptors (Lipinski definition) is 3. The minimum Gasteiger partial charge on any atom is -0.497 e. The second kappa shape index (κ2) is 5.89. The Bertz CT molecular complexity index is 401. The predicted octanol–water partition coefficient (Wildman–Crippen LogP) is 1.16. The van der Waals surface area contributed by atoms with Gasteiger partial charge in [0.05, 0.1) is 7.11 Å². The molecule has 0 aromatic heterocycles. The monoisotopic (exact) mass is 236 g/mol. The van der Waals surface area contributed by atoms with Gasteiger partial charge in [-0.25, -0.2) is 0 Å². The number of rotatable bonds is 4. The number of nitrogens with one attached hydrogen (secondary N) is 2. The summed E-state index contributed by atoms with van der Waals surface area (Å²) in [7, 11) is 1.58. The van der Waals surface area contributed by atoms with Crippen LogP contribution in [0.25, 0.3) is 0 Å². The van der Waals surface area contributed by atoms with Gasteiger partial charge in [0.15, 0.2) is 0 Å². The molecular weight excluding hydrogens is 220 g/mol. The molecular formula is C12H16N2O3. The fourth-order valence-corrected chi connectivity index (χ4v) is 1.30. The quantitative estimate of drug-likeness (QED) is 0.824. The smallest absolute Gasteiger partial charge is 0.246 e. The highest BCUT2D eigenvalue weighted by Crippen LogP contribution is 2.14. The maximum absolute atomic E-state index is 11.6. The van der Waals surface area contributed by atoms with Gasteiger partial charge < -0.3 is 15.4 Å². The van der Waals surface area contributed by atoms with E-state index in [1.807, 2.05) is 0 Å². The number of hydrogen-bond donors (Lipinski definition) is 2. The van der Waals surface area contributed by atoms with E-state index in [4.69, 9.17) is 4.74 Å². The van der Waals surface area contributed by atoms with E-state index in [9.17, 15) is 9.59 Å². The van der Waals surface area contributed by atoms with Gasteiger partial charge in [0.2, 0.25) is 11.8 Å². The Morgan fingerprint density at radius 3 is 2.29 bits per heavy atom. The number of carbonyl (C=O) groups excluding carboxylic acids is 2. The molecule has 0 bridgehead atoms. The molecule has 1 atom stereocenters. The number of carbonyl (C=O) groups is 2. The molecule has 0 saturated heterocycles. The Labute approximate surface area is 100 Å². The van der Waals surface area contributed by atoms with E-state index >= 15 is 0 Å². The van der Waals surface area contributed by atoms with Crippen LogP contribution in [0.5, 0.6) is 5.75 Å². The van der Waals surface area contributed by atoms with Crippen LogP contribution in [0, 0.1) is 0 Å². The molecule has 0 aliphatic carbocycles. The summed E-state index contributed by atoms with van der Waals surface area (Å²) >= 11 is 0. The topological polar surface area (TPSA) is 67.4 Å². The fourth-order valence-electron chi connectivity index (χ4n) is 1.30. The molecule has 1 aromatic rings. The van der Waals surface area contributed by atoms with Crippen LogP contribution < -0.4 is 15.4 Å². The first-order chi connectivity index (χ1) is 8.02. The maximum atomic E-state index is 11.6. The average molecular weight is 236 g/mol. The van der Waals surface area contributed by atoms with Crippen molar-refractivity contribution in [2.45, 2.75) is 19.9 Å². The molecule has 1 rings (SSSR count). The lowest BCUT2D eigenvalue weighted by molar-refractivity contribution is -0.124. The van der Waals surface area contributed by atoms with Crippen molar-refractivity contribution in [3.8, 4) is 5.75 Å². The van der Waals surface area contributed by atoms with E-state index in [1.165, 1.54) is 6.92 Å². The van der Waals surface area contributed by atoms with Crippen LogP contribution in [0.1, 0.15) is 13.8 Å². The third kappa shape index (κ3) is 4.14. The largest absolute Gasteiger partial charge is 0.497 e. The third-order valence-electron chi connectivity index (χ3n) is 2.17. The summed E-state index contributed by atoms with van der Waals surface area (Å²) in [6, 6.07) is 6.40. The normalized spacial score (nSPS) is 11.5. The van der Waals surface area contributed by atoms with Crippen LogP contribution in [0.2, 0.25) is 0 Å². The molecule has 5 heteroatoms. The molecule has 0 spiro atoms. The molecule has 0 saturated carbocycles. The number of anilines is 1. The maximum Gasteiger partial charge on any atom is 0.246 e. The predicted molar refractivity (Wildman–Crippen MR) is 64.9 cm³/mol. The van der Waals surface area contributed by atoms with Crippen molar-refractivity contribution in [3.63, 3.8) is 0 Å². The number of methoxy groups -OCH3 is 1. The van der Waals surface area contributed by atoms with Crippen molar-refractivity contribution < 1.29 is 14.3 Å². The number of ether oxygens (including phenoxy) is 1. The summed E-state index contributed by atoms with van der Waals surface area (Å²) in [4.78, 5) is 22.4. The van der Waals surface area contributed by atoms with Crippen molar-refractivity contribution >= 4 is 17.5 Å². The summed E-state index contributed by atoms with van der Waals surface area (Å²) in [6.07, 6.45) is 0. The second-order valence-corrected chi connectivity index (χ2v) is 3.64. The van der Waals surface area contributed by atoms with Crippen molar-refractivity contribution in [1.29, 1.82) is 0 Å². The zero-order valence-corrected chi connectivity index (χ0v) is 10.1. The molecule has 0 aliphatic rings. The Morgan fingerprint density at radius 2 is 1.82 bits per heavy atom. The molecule has 92 valence electrons. The lowest BCUT2D eigenvalue weighted by Crippen LogP contribution is -2.40. The Kier molecular flexibility index (Phi) is 4.51. The first kappa shape index (κ1) is 13.0. The van der Waals surface area contributed by atoms with Gasteiger partial charge in [-0.05, 0) is 31.2 Å². The van der Waals surface area contributed by atoms with E-state index in [2.05, 4.69) is 10.6 Å². The highest BCUT2D eigenvalue weighted by Gasteiger charge is 2.13. The highest BCUT2D eigenvalue weighted by molar-refractivity contribution is 5.96. The van der Waals surface area contributed by atoms with Gasteiger partial charge in [-0.1, -0.05) is 0 Å². The lowest BCUT2D eigenvalue weighted by Gasteiger charge is -2.12. The molecule has 0 fully saturated rings. The molecule has 0 unspecified atom stereocenters. The second-order valence-electron chi connectivity index (χ2n) is 3.64. The first-order valence-corrected chi connectivity index (χ1v) is 5.25. The van der Waals surface area contributed by atoms with Crippen LogP contribution in [-0.2, 0) is 9.59 Å². The summed E-state index contributed by atoms with van der Waals surface area (Å²) < 4.78 is 5.00. The molecule has 5 nitrogen and oxygen atoms in total.